The van der Waals surface area contributed by atoms with Crippen molar-refractivity contribution < 1.29 is 9.30 Å². The van der Waals surface area contributed by atoms with E-state index in [9.17, 15) is 0 Å². The van der Waals surface area contributed by atoms with E-state index >= 15 is 0 Å². The van der Waals surface area contributed by atoms with Crippen LogP contribution >= 0.6 is 0 Å². The molecule has 2 heterocycles. The van der Waals surface area contributed by atoms with Gasteiger partial charge in [-0.2, -0.15) is 0 Å². The summed E-state index contributed by atoms with van der Waals surface area (Å²) in [6.07, 6.45) is 1.95. The molecule has 0 fully saturated rings. The lowest BCUT2D eigenvalue weighted by atomic mass is 9.90. The molecule has 1 aliphatic heterocycles. The van der Waals surface area contributed by atoms with Gasteiger partial charge < -0.3 is 4.74 Å². The maximum Gasteiger partial charge on any atom is 0.287 e. The number of aryl methyl sites for hydroxylation is 3. The SMILES string of the molecule is Cc1c2c(c(C)c3ccccc13)-c1c3c(cc([Si](C)(C)c4ccccc4)cc3nc[n+]1C)O2. The molecule has 0 saturated heterocycles. The van der Waals surface area contributed by atoms with Crippen molar-refractivity contribution in [2.75, 3.05) is 0 Å². The molecule has 0 amide bonds. The van der Waals surface area contributed by atoms with Crippen LogP contribution < -0.4 is 19.7 Å². The van der Waals surface area contributed by atoms with Crippen LogP contribution in [0.4, 0.5) is 0 Å². The quantitative estimate of drug-likeness (QED) is 0.261. The molecule has 5 aromatic rings. The van der Waals surface area contributed by atoms with E-state index in [1.807, 2.05) is 6.33 Å². The normalized spacial score (nSPS) is 12.6. The first-order chi connectivity index (χ1) is 15.9. The number of rotatable bonds is 2. The lowest BCUT2D eigenvalue weighted by Gasteiger charge is -2.28. The Morgan fingerprint density at radius 1 is 0.818 bits per heavy atom. The Morgan fingerprint density at radius 2 is 1.48 bits per heavy atom. The van der Waals surface area contributed by atoms with Gasteiger partial charge in [0, 0.05) is 5.56 Å². The summed E-state index contributed by atoms with van der Waals surface area (Å²) >= 11 is 0. The third-order valence-electron chi connectivity index (χ3n) is 7.38. The zero-order valence-corrected chi connectivity index (χ0v) is 20.7. The number of ether oxygens (including phenoxy) is 1. The Morgan fingerprint density at radius 3 is 2.21 bits per heavy atom. The summed E-state index contributed by atoms with van der Waals surface area (Å²) in [5.41, 5.74) is 5.81. The molecule has 0 aliphatic carbocycles. The van der Waals surface area contributed by atoms with Gasteiger partial charge in [0.05, 0.1) is 12.6 Å². The predicted octanol–water partition coefficient (Wildman–Crippen LogP) is 5.42. The van der Waals surface area contributed by atoms with Crippen LogP contribution in [0.25, 0.3) is 32.9 Å². The molecule has 6 rings (SSSR count). The lowest BCUT2D eigenvalue weighted by molar-refractivity contribution is -0.662. The predicted molar refractivity (Wildman–Crippen MR) is 139 cm³/mol. The second kappa shape index (κ2) is 7.00. The second-order valence-electron chi connectivity index (χ2n) is 9.67. The van der Waals surface area contributed by atoms with Crippen molar-refractivity contribution in [1.29, 1.82) is 0 Å². The van der Waals surface area contributed by atoms with Crippen LogP contribution in [-0.4, -0.2) is 13.1 Å². The molecule has 3 nitrogen and oxygen atoms in total. The van der Waals surface area contributed by atoms with Crippen molar-refractivity contribution in [3.05, 3.63) is 84.2 Å². The monoisotopic (exact) mass is 447 g/mol. The summed E-state index contributed by atoms with van der Waals surface area (Å²) in [7, 11) is 0.171. The summed E-state index contributed by atoms with van der Waals surface area (Å²) in [6, 6.07) is 24.1. The largest absolute Gasteiger partial charge is 0.455 e. The average molecular weight is 448 g/mol. The number of benzene rings is 4. The van der Waals surface area contributed by atoms with Crippen LogP contribution in [0.3, 0.4) is 0 Å². The highest BCUT2D eigenvalue weighted by Gasteiger charge is 2.34. The van der Waals surface area contributed by atoms with Gasteiger partial charge in [0.2, 0.25) is 0 Å². The van der Waals surface area contributed by atoms with Gasteiger partial charge in [0.15, 0.2) is 11.2 Å². The van der Waals surface area contributed by atoms with Gasteiger partial charge in [0.1, 0.15) is 25.0 Å². The topological polar surface area (TPSA) is 26.0 Å². The Kier molecular flexibility index (Phi) is 4.27. The average Bonchev–Trinajstić information content (AvgIpc) is 2.84. The maximum absolute atomic E-state index is 6.76. The van der Waals surface area contributed by atoms with Crippen molar-refractivity contribution >= 4 is 40.1 Å². The van der Waals surface area contributed by atoms with E-state index in [1.54, 1.807) is 0 Å². The summed E-state index contributed by atoms with van der Waals surface area (Å²) in [6.45, 7) is 9.19. The standard InChI is InChI=1S/C29H27N2OSi/c1-18-22-13-9-10-14-23(22)19(2)29-26(18)28-27-24(30-17-31(28)3)15-21(16-25(27)32-29)33(4,5)20-11-7-6-8-12-20/h6-17H,1-5H3/q+1. The van der Waals surface area contributed by atoms with Crippen molar-refractivity contribution in [2.45, 2.75) is 26.9 Å². The van der Waals surface area contributed by atoms with Gasteiger partial charge in [-0.3, -0.25) is 0 Å². The van der Waals surface area contributed by atoms with Crippen molar-refractivity contribution in [1.82, 2.24) is 4.98 Å². The second-order valence-corrected chi connectivity index (χ2v) is 14.1. The Balaban J connectivity index is 1.69. The molecule has 162 valence electrons. The van der Waals surface area contributed by atoms with E-state index in [-0.39, 0.29) is 0 Å². The highest BCUT2D eigenvalue weighted by Crippen LogP contribution is 2.49. The smallest absolute Gasteiger partial charge is 0.287 e. The van der Waals surface area contributed by atoms with Crippen molar-refractivity contribution in [2.24, 2.45) is 7.05 Å². The van der Waals surface area contributed by atoms with Crippen molar-refractivity contribution in [3.8, 4) is 22.8 Å². The fourth-order valence-electron chi connectivity index (χ4n) is 5.36. The molecule has 0 N–H and O–H groups in total. The zero-order chi connectivity index (χ0) is 22.9. The molecule has 0 unspecified atom stereocenters. The zero-order valence-electron chi connectivity index (χ0n) is 19.7. The third kappa shape index (κ3) is 2.80. The molecule has 1 aliphatic rings. The first-order valence-corrected chi connectivity index (χ1v) is 14.5. The van der Waals surface area contributed by atoms with Gasteiger partial charge in [-0.25, -0.2) is 4.57 Å². The van der Waals surface area contributed by atoms with E-state index in [2.05, 4.69) is 105 Å². The summed E-state index contributed by atoms with van der Waals surface area (Å²) in [5, 5.41) is 6.38. The number of nitrogens with zero attached hydrogens (tertiary/aromatic N) is 2. The fraction of sp³-hybridized carbons (Fsp3) is 0.172. The maximum atomic E-state index is 6.76. The molecule has 4 aromatic carbocycles. The molecule has 1 aromatic heterocycles. The highest BCUT2D eigenvalue weighted by molar-refractivity contribution is 7.00. The first kappa shape index (κ1) is 20.1. The van der Waals surface area contributed by atoms with Crippen LogP contribution in [-0.2, 0) is 7.05 Å². The number of hydrogen-bond donors (Lipinski definition) is 0. The number of fused-ring (bicyclic) bond motifs is 3. The Labute approximate surface area is 195 Å². The molecule has 0 bridgehead atoms. The highest BCUT2D eigenvalue weighted by atomic mass is 28.3. The van der Waals surface area contributed by atoms with Crippen LogP contribution in [0, 0.1) is 13.8 Å². The van der Waals surface area contributed by atoms with Gasteiger partial charge in [-0.05, 0) is 52.5 Å². The fourth-order valence-corrected chi connectivity index (χ4v) is 7.71. The molecular weight excluding hydrogens is 420 g/mol. The summed E-state index contributed by atoms with van der Waals surface area (Å²) in [4.78, 5) is 4.84. The minimum absolute atomic E-state index is 0.919. The van der Waals surface area contributed by atoms with E-state index in [0.29, 0.717) is 0 Å². The van der Waals surface area contributed by atoms with Gasteiger partial charge in [0.25, 0.3) is 6.33 Å². The molecular formula is C29H27N2OSi+. The van der Waals surface area contributed by atoms with Crippen LogP contribution in [0.15, 0.2) is 73.1 Å². The molecule has 0 radical (unpaired) electrons. The number of aromatic nitrogens is 2. The number of hydrogen-bond acceptors (Lipinski definition) is 2. The molecule has 0 spiro atoms. The van der Waals surface area contributed by atoms with E-state index in [4.69, 9.17) is 9.72 Å². The third-order valence-corrected chi connectivity index (χ3v) is 10.9. The minimum atomic E-state index is -1.91. The Hall–Kier alpha value is -3.50. The van der Waals surface area contributed by atoms with Gasteiger partial charge in [-0.1, -0.05) is 72.9 Å². The van der Waals surface area contributed by atoms with Crippen molar-refractivity contribution in [3.63, 3.8) is 0 Å². The van der Waals surface area contributed by atoms with E-state index in [1.165, 1.54) is 43.5 Å². The first-order valence-electron chi connectivity index (χ1n) is 11.5. The van der Waals surface area contributed by atoms with Crippen LogP contribution in [0.2, 0.25) is 13.1 Å². The molecule has 0 atom stereocenters. The van der Waals surface area contributed by atoms with Crippen LogP contribution in [0.1, 0.15) is 11.1 Å². The molecule has 4 heteroatoms. The lowest BCUT2D eigenvalue weighted by Crippen LogP contribution is -2.52. The van der Waals surface area contributed by atoms with Gasteiger partial charge in [-0.15, -0.1) is 0 Å². The van der Waals surface area contributed by atoms with Gasteiger partial charge >= 0.3 is 0 Å². The molecule has 0 saturated carbocycles. The molecule has 33 heavy (non-hydrogen) atoms. The van der Waals surface area contributed by atoms with Crippen LogP contribution in [0.5, 0.6) is 11.5 Å². The summed E-state index contributed by atoms with van der Waals surface area (Å²) in [5.74, 6) is 1.89. The summed E-state index contributed by atoms with van der Waals surface area (Å²) < 4.78 is 8.91. The van der Waals surface area contributed by atoms with E-state index < -0.39 is 8.07 Å². The van der Waals surface area contributed by atoms with E-state index in [0.717, 1.165) is 22.4 Å². The Bertz CT molecular complexity index is 1590. The minimum Gasteiger partial charge on any atom is -0.455 e.